The minimum absolute atomic E-state index is 0.578. The molecule has 0 atom stereocenters. The van der Waals surface area contributed by atoms with Gasteiger partial charge in [0, 0.05) is 6.54 Å². The topological polar surface area (TPSA) is 38.0 Å². The first-order chi connectivity index (χ1) is 4.33. The predicted molar refractivity (Wildman–Crippen MR) is 38.8 cm³/mol. The Morgan fingerprint density at radius 2 is 2.22 bits per heavy atom. The molecule has 2 nitrogen and oxygen atoms in total. The standard InChI is InChI=1S/C7H16N2/c1-2-7(6-9-8)4-3-5-7/h9H,2-6,8H2,1H3. The van der Waals surface area contributed by atoms with E-state index in [1.807, 2.05) is 0 Å². The highest BCUT2D eigenvalue weighted by Crippen LogP contribution is 2.42. The first kappa shape index (κ1) is 7.03. The molecule has 0 radical (unpaired) electrons. The zero-order chi connectivity index (χ0) is 6.74. The van der Waals surface area contributed by atoms with Crippen LogP contribution in [0.3, 0.4) is 0 Å². The highest BCUT2D eigenvalue weighted by atomic mass is 15.2. The van der Waals surface area contributed by atoms with Crippen molar-refractivity contribution in [2.45, 2.75) is 32.6 Å². The van der Waals surface area contributed by atoms with Crippen LogP contribution >= 0.6 is 0 Å². The van der Waals surface area contributed by atoms with Crippen molar-refractivity contribution >= 4 is 0 Å². The maximum Gasteiger partial charge on any atom is 0.0154 e. The molecule has 54 valence electrons. The molecule has 9 heavy (non-hydrogen) atoms. The van der Waals surface area contributed by atoms with Gasteiger partial charge in [0.2, 0.25) is 0 Å². The van der Waals surface area contributed by atoms with Gasteiger partial charge in [-0.3, -0.25) is 11.3 Å². The van der Waals surface area contributed by atoms with E-state index in [0.29, 0.717) is 5.41 Å². The van der Waals surface area contributed by atoms with Crippen molar-refractivity contribution in [3.8, 4) is 0 Å². The Hall–Kier alpha value is -0.0800. The fraction of sp³-hybridized carbons (Fsp3) is 1.00. The van der Waals surface area contributed by atoms with Crippen LogP contribution in [0, 0.1) is 5.41 Å². The van der Waals surface area contributed by atoms with Crippen LogP contribution in [0.2, 0.25) is 0 Å². The molecule has 1 aliphatic carbocycles. The van der Waals surface area contributed by atoms with Crippen molar-refractivity contribution < 1.29 is 0 Å². The molecule has 0 heterocycles. The summed E-state index contributed by atoms with van der Waals surface area (Å²) in [6.07, 6.45) is 5.41. The molecule has 0 aliphatic heterocycles. The van der Waals surface area contributed by atoms with E-state index in [1.165, 1.54) is 25.7 Å². The first-order valence-corrected chi connectivity index (χ1v) is 3.76. The van der Waals surface area contributed by atoms with E-state index in [9.17, 15) is 0 Å². The van der Waals surface area contributed by atoms with E-state index in [2.05, 4.69) is 12.3 Å². The number of rotatable bonds is 3. The lowest BCUT2D eigenvalue weighted by Gasteiger charge is -2.40. The number of hydrazine groups is 1. The summed E-state index contributed by atoms with van der Waals surface area (Å²) in [7, 11) is 0. The van der Waals surface area contributed by atoms with E-state index in [0.717, 1.165) is 6.54 Å². The molecule has 0 spiro atoms. The van der Waals surface area contributed by atoms with E-state index < -0.39 is 0 Å². The summed E-state index contributed by atoms with van der Waals surface area (Å²) in [6, 6.07) is 0. The quantitative estimate of drug-likeness (QED) is 0.440. The van der Waals surface area contributed by atoms with Crippen molar-refractivity contribution in [2.75, 3.05) is 6.54 Å². The van der Waals surface area contributed by atoms with E-state index in [4.69, 9.17) is 5.84 Å². The fourth-order valence-electron chi connectivity index (χ4n) is 1.55. The average molecular weight is 128 g/mol. The highest BCUT2D eigenvalue weighted by Gasteiger charge is 2.33. The Balaban J connectivity index is 2.28. The third-order valence-corrected chi connectivity index (χ3v) is 2.64. The van der Waals surface area contributed by atoms with Crippen molar-refractivity contribution in [1.29, 1.82) is 0 Å². The van der Waals surface area contributed by atoms with Crippen LogP contribution in [-0.2, 0) is 0 Å². The van der Waals surface area contributed by atoms with Gasteiger partial charge in [-0.15, -0.1) is 0 Å². The van der Waals surface area contributed by atoms with Crippen LogP contribution in [0.25, 0.3) is 0 Å². The SMILES string of the molecule is CCC1(CNN)CCC1. The molecule has 1 fully saturated rings. The third-order valence-electron chi connectivity index (χ3n) is 2.64. The summed E-state index contributed by atoms with van der Waals surface area (Å²) in [6.45, 7) is 3.25. The second-order valence-corrected chi connectivity index (χ2v) is 3.09. The van der Waals surface area contributed by atoms with Crippen LogP contribution in [0.5, 0.6) is 0 Å². The lowest BCUT2D eigenvalue weighted by Crippen LogP contribution is -2.41. The van der Waals surface area contributed by atoms with Gasteiger partial charge < -0.3 is 0 Å². The highest BCUT2D eigenvalue weighted by molar-refractivity contribution is 4.87. The second-order valence-electron chi connectivity index (χ2n) is 3.09. The Bertz CT molecular complexity index is 81.4. The number of nitrogens with one attached hydrogen (secondary N) is 1. The number of hydrogen-bond donors (Lipinski definition) is 2. The molecular formula is C7H16N2. The zero-order valence-electron chi connectivity index (χ0n) is 6.11. The number of hydrogen-bond acceptors (Lipinski definition) is 2. The fourth-order valence-corrected chi connectivity index (χ4v) is 1.55. The molecule has 0 bridgehead atoms. The van der Waals surface area contributed by atoms with Crippen LogP contribution in [0.15, 0.2) is 0 Å². The molecule has 0 saturated heterocycles. The summed E-state index contributed by atoms with van der Waals surface area (Å²) in [4.78, 5) is 0. The van der Waals surface area contributed by atoms with Gasteiger partial charge in [-0.25, -0.2) is 0 Å². The van der Waals surface area contributed by atoms with Gasteiger partial charge in [0.25, 0.3) is 0 Å². The van der Waals surface area contributed by atoms with Crippen LogP contribution in [0.4, 0.5) is 0 Å². The van der Waals surface area contributed by atoms with E-state index >= 15 is 0 Å². The smallest absolute Gasteiger partial charge is 0.0154 e. The van der Waals surface area contributed by atoms with Crippen LogP contribution in [0.1, 0.15) is 32.6 Å². The Kier molecular flexibility index (Phi) is 2.09. The summed E-state index contributed by atoms with van der Waals surface area (Å²) in [5, 5.41) is 0. The Labute approximate surface area is 56.8 Å². The summed E-state index contributed by atoms with van der Waals surface area (Å²) in [5.41, 5.74) is 3.34. The van der Waals surface area contributed by atoms with Gasteiger partial charge in [0.15, 0.2) is 0 Å². The predicted octanol–water partition coefficient (Wildman–Crippen LogP) is 1.03. The molecule has 1 rings (SSSR count). The molecule has 1 saturated carbocycles. The van der Waals surface area contributed by atoms with Crippen molar-refractivity contribution in [1.82, 2.24) is 5.43 Å². The van der Waals surface area contributed by atoms with Crippen LogP contribution in [-0.4, -0.2) is 6.54 Å². The van der Waals surface area contributed by atoms with Crippen molar-refractivity contribution in [2.24, 2.45) is 11.3 Å². The van der Waals surface area contributed by atoms with Gasteiger partial charge >= 0.3 is 0 Å². The molecule has 0 aromatic carbocycles. The van der Waals surface area contributed by atoms with E-state index in [1.54, 1.807) is 0 Å². The van der Waals surface area contributed by atoms with Gasteiger partial charge in [-0.05, 0) is 24.7 Å². The lowest BCUT2D eigenvalue weighted by molar-refractivity contribution is 0.125. The van der Waals surface area contributed by atoms with Crippen LogP contribution < -0.4 is 11.3 Å². The Morgan fingerprint density at radius 1 is 1.56 bits per heavy atom. The molecule has 3 N–H and O–H groups in total. The lowest BCUT2D eigenvalue weighted by atomic mass is 9.67. The van der Waals surface area contributed by atoms with Gasteiger partial charge in [0.1, 0.15) is 0 Å². The summed E-state index contributed by atoms with van der Waals surface area (Å²) < 4.78 is 0. The maximum atomic E-state index is 5.25. The second kappa shape index (κ2) is 2.67. The minimum Gasteiger partial charge on any atom is -0.271 e. The minimum atomic E-state index is 0.578. The van der Waals surface area contributed by atoms with Crippen molar-refractivity contribution in [3.63, 3.8) is 0 Å². The molecule has 0 aromatic heterocycles. The summed E-state index contributed by atoms with van der Waals surface area (Å²) >= 11 is 0. The third kappa shape index (κ3) is 1.25. The molecule has 2 heteroatoms. The van der Waals surface area contributed by atoms with Gasteiger partial charge in [-0.2, -0.15) is 0 Å². The molecule has 0 amide bonds. The van der Waals surface area contributed by atoms with E-state index in [-0.39, 0.29) is 0 Å². The summed E-state index contributed by atoms with van der Waals surface area (Å²) in [5.74, 6) is 5.25. The Morgan fingerprint density at radius 3 is 2.33 bits per heavy atom. The maximum absolute atomic E-state index is 5.25. The molecule has 1 aliphatic rings. The van der Waals surface area contributed by atoms with Gasteiger partial charge in [0.05, 0.1) is 0 Å². The normalized spacial score (nSPS) is 23.3. The average Bonchev–Trinajstić information content (AvgIpc) is 1.79. The number of nitrogens with two attached hydrogens (primary N) is 1. The zero-order valence-corrected chi connectivity index (χ0v) is 6.11. The molecule has 0 unspecified atom stereocenters. The monoisotopic (exact) mass is 128 g/mol. The largest absolute Gasteiger partial charge is 0.271 e. The van der Waals surface area contributed by atoms with Gasteiger partial charge in [-0.1, -0.05) is 13.3 Å². The molecular weight excluding hydrogens is 112 g/mol. The molecule has 0 aromatic rings. The first-order valence-electron chi connectivity index (χ1n) is 3.76. The van der Waals surface area contributed by atoms with Crippen molar-refractivity contribution in [3.05, 3.63) is 0 Å².